The molecule has 0 saturated heterocycles. The van der Waals surface area contributed by atoms with Crippen LogP contribution in [0.15, 0.2) is 22.7 Å². The molecule has 0 radical (unpaired) electrons. The van der Waals surface area contributed by atoms with Crippen LogP contribution in [0.4, 0.5) is 0 Å². The molecular weight excluding hydrogens is 286 g/mol. The van der Waals surface area contributed by atoms with Crippen LogP contribution in [0.3, 0.4) is 0 Å². The third kappa shape index (κ3) is 5.04. The summed E-state index contributed by atoms with van der Waals surface area (Å²) >= 11 is 3.39. The highest BCUT2D eigenvalue weighted by Crippen LogP contribution is 2.27. The van der Waals surface area contributed by atoms with Crippen molar-refractivity contribution < 1.29 is 14.6 Å². The smallest absolute Gasteiger partial charge is 0.125 e. The van der Waals surface area contributed by atoms with Crippen molar-refractivity contribution in [1.82, 2.24) is 0 Å². The molecule has 0 spiro atoms. The van der Waals surface area contributed by atoms with Crippen molar-refractivity contribution in [3.8, 4) is 5.75 Å². The van der Waals surface area contributed by atoms with Gasteiger partial charge in [0, 0.05) is 16.1 Å². The fraction of sp³-hybridized carbons (Fsp3) is 0.500. The third-order valence-electron chi connectivity index (χ3n) is 2.19. The van der Waals surface area contributed by atoms with Gasteiger partial charge in [-0.15, -0.1) is 0 Å². The highest BCUT2D eigenvalue weighted by atomic mass is 79.9. The minimum absolute atomic E-state index is 0.0297. The average Bonchev–Trinajstić information content (AvgIpc) is 2.28. The molecule has 1 rings (SSSR count). The highest BCUT2D eigenvalue weighted by molar-refractivity contribution is 9.10. The molecule has 17 heavy (non-hydrogen) atoms. The Kier molecular flexibility index (Phi) is 6.50. The SMILES string of the molecule is CC(N)c1ccc(Br)cc1OCCOCCO. The predicted molar refractivity (Wildman–Crippen MR) is 70.1 cm³/mol. The molecule has 4 nitrogen and oxygen atoms in total. The molecule has 0 amide bonds. The lowest BCUT2D eigenvalue weighted by Crippen LogP contribution is -2.12. The Morgan fingerprint density at radius 1 is 1.35 bits per heavy atom. The molecule has 1 aromatic carbocycles. The lowest BCUT2D eigenvalue weighted by atomic mass is 10.1. The topological polar surface area (TPSA) is 64.7 Å². The molecule has 96 valence electrons. The Balaban J connectivity index is 2.53. The number of benzene rings is 1. The second kappa shape index (κ2) is 7.66. The summed E-state index contributed by atoms with van der Waals surface area (Å²) in [6.45, 7) is 3.17. The van der Waals surface area contributed by atoms with Gasteiger partial charge in [0.25, 0.3) is 0 Å². The largest absolute Gasteiger partial charge is 0.491 e. The van der Waals surface area contributed by atoms with E-state index in [1.165, 1.54) is 0 Å². The van der Waals surface area contributed by atoms with Gasteiger partial charge in [0.2, 0.25) is 0 Å². The summed E-state index contributed by atoms with van der Waals surface area (Å²) in [5.41, 5.74) is 6.82. The third-order valence-corrected chi connectivity index (χ3v) is 2.68. The minimum atomic E-state index is -0.0727. The van der Waals surface area contributed by atoms with Crippen LogP contribution in [0, 0.1) is 0 Å². The molecule has 0 bridgehead atoms. The van der Waals surface area contributed by atoms with Gasteiger partial charge < -0.3 is 20.3 Å². The molecular formula is C12H18BrNO3. The van der Waals surface area contributed by atoms with E-state index in [0.717, 1.165) is 15.8 Å². The van der Waals surface area contributed by atoms with E-state index in [1.807, 2.05) is 25.1 Å². The predicted octanol–water partition coefficient (Wildman–Crippen LogP) is 1.86. The van der Waals surface area contributed by atoms with E-state index in [9.17, 15) is 0 Å². The molecule has 0 aliphatic rings. The number of aliphatic hydroxyl groups is 1. The summed E-state index contributed by atoms with van der Waals surface area (Å²) in [4.78, 5) is 0. The zero-order chi connectivity index (χ0) is 12.7. The van der Waals surface area contributed by atoms with Crippen molar-refractivity contribution in [2.24, 2.45) is 5.73 Å². The van der Waals surface area contributed by atoms with E-state index in [4.69, 9.17) is 20.3 Å². The summed E-state index contributed by atoms with van der Waals surface area (Å²) in [5.74, 6) is 0.766. The quantitative estimate of drug-likeness (QED) is 0.755. The monoisotopic (exact) mass is 303 g/mol. The zero-order valence-corrected chi connectivity index (χ0v) is 11.4. The van der Waals surface area contributed by atoms with Crippen LogP contribution in [-0.4, -0.2) is 31.5 Å². The van der Waals surface area contributed by atoms with Crippen molar-refractivity contribution in [3.63, 3.8) is 0 Å². The molecule has 0 saturated carbocycles. The number of ether oxygens (including phenoxy) is 2. The van der Waals surface area contributed by atoms with Gasteiger partial charge in [-0.2, -0.15) is 0 Å². The maximum Gasteiger partial charge on any atom is 0.125 e. The first kappa shape index (κ1) is 14.4. The van der Waals surface area contributed by atoms with Crippen LogP contribution in [0.5, 0.6) is 5.75 Å². The average molecular weight is 304 g/mol. The molecule has 0 aliphatic heterocycles. The van der Waals surface area contributed by atoms with Crippen LogP contribution in [-0.2, 0) is 4.74 Å². The summed E-state index contributed by atoms with van der Waals surface area (Å²) in [6, 6.07) is 5.70. The van der Waals surface area contributed by atoms with Gasteiger partial charge >= 0.3 is 0 Å². The molecule has 1 aromatic rings. The maximum atomic E-state index is 8.55. The number of hydrogen-bond donors (Lipinski definition) is 2. The first-order chi connectivity index (χ1) is 8.15. The fourth-order valence-corrected chi connectivity index (χ4v) is 1.73. The van der Waals surface area contributed by atoms with Crippen LogP contribution in [0.2, 0.25) is 0 Å². The van der Waals surface area contributed by atoms with E-state index in [1.54, 1.807) is 0 Å². The van der Waals surface area contributed by atoms with Gasteiger partial charge in [-0.3, -0.25) is 0 Å². The van der Waals surface area contributed by atoms with Crippen LogP contribution in [0.25, 0.3) is 0 Å². The Bertz CT molecular complexity index is 345. The van der Waals surface area contributed by atoms with Gasteiger partial charge in [0.1, 0.15) is 12.4 Å². The Labute approximate surface area is 110 Å². The summed E-state index contributed by atoms with van der Waals surface area (Å²) in [7, 11) is 0. The second-order valence-electron chi connectivity index (χ2n) is 3.66. The van der Waals surface area contributed by atoms with E-state index < -0.39 is 0 Å². The molecule has 1 atom stereocenters. The summed E-state index contributed by atoms with van der Waals surface area (Å²) in [6.07, 6.45) is 0. The number of hydrogen-bond acceptors (Lipinski definition) is 4. The number of nitrogens with two attached hydrogens (primary N) is 1. The van der Waals surface area contributed by atoms with Gasteiger partial charge in [0.15, 0.2) is 0 Å². The van der Waals surface area contributed by atoms with Crippen molar-refractivity contribution in [1.29, 1.82) is 0 Å². The van der Waals surface area contributed by atoms with Crippen molar-refractivity contribution in [2.75, 3.05) is 26.4 Å². The lowest BCUT2D eigenvalue weighted by molar-refractivity contribution is 0.0702. The van der Waals surface area contributed by atoms with Crippen molar-refractivity contribution in [3.05, 3.63) is 28.2 Å². The Morgan fingerprint density at radius 2 is 2.12 bits per heavy atom. The molecule has 0 fully saturated rings. The molecule has 0 aromatic heterocycles. The van der Waals surface area contributed by atoms with E-state index in [0.29, 0.717) is 19.8 Å². The van der Waals surface area contributed by atoms with Gasteiger partial charge in [0.05, 0.1) is 19.8 Å². The van der Waals surface area contributed by atoms with Gasteiger partial charge in [-0.05, 0) is 19.1 Å². The maximum absolute atomic E-state index is 8.55. The highest BCUT2D eigenvalue weighted by Gasteiger charge is 2.08. The first-order valence-electron chi connectivity index (χ1n) is 5.51. The van der Waals surface area contributed by atoms with Crippen molar-refractivity contribution >= 4 is 15.9 Å². The summed E-state index contributed by atoms with van der Waals surface area (Å²) < 4.78 is 11.7. The van der Waals surface area contributed by atoms with Crippen LogP contribution in [0.1, 0.15) is 18.5 Å². The lowest BCUT2D eigenvalue weighted by Gasteiger charge is -2.14. The fourth-order valence-electron chi connectivity index (χ4n) is 1.39. The van der Waals surface area contributed by atoms with Gasteiger partial charge in [-0.1, -0.05) is 22.0 Å². The van der Waals surface area contributed by atoms with E-state index >= 15 is 0 Å². The Morgan fingerprint density at radius 3 is 2.76 bits per heavy atom. The first-order valence-corrected chi connectivity index (χ1v) is 6.31. The van der Waals surface area contributed by atoms with Gasteiger partial charge in [-0.25, -0.2) is 0 Å². The molecule has 0 aliphatic carbocycles. The zero-order valence-electron chi connectivity index (χ0n) is 9.86. The molecule has 1 unspecified atom stereocenters. The number of halogens is 1. The minimum Gasteiger partial charge on any atom is -0.491 e. The molecule has 5 heteroatoms. The molecule has 3 N–H and O–H groups in total. The standard InChI is InChI=1S/C12H18BrNO3/c1-9(14)11-3-2-10(13)8-12(11)17-7-6-16-5-4-15/h2-3,8-9,15H,4-7,14H2,1H3. The van der Waals surface area contributed by atoms with E-state index in [2.05, 4.69) is 15.9 Å². The summed E-state index contributed by atoms with van der Waals surface area (Å²) in [5, 5.41) is 8.55. The normalized spacial score (nSPS) is 12.5. The van der Waals surface area contributed by atoms with Crippen molar-refractivity contribution in [2.45, 2.75) is 13.0 Å². The number of aliphatic hydroxyl groups excluding tert-OH is 1. The number of rotatable bonds is 7. The molecule has 0 heterocycles. The van der Waals surface area contributed by atoms with Crippen LogP contribution >= 0.6 is 15.9 Å². The second-order valence-corrected chi connectivity index (χ2v) is 4.57. The Hall–Kier alpha value is -0.620. The van der Waals surface area contributed by atoms with E-state index in [-0.39, 0.29) is 12.6 Å². The van der Waals surface area contributed by atoms with Crippen LogP contribution < -0.4 is 10.5 Å².